The Morgan fingerprint density at radius 1 is 1.13 bits per heavy atom. The molecular weight excluding hydrogens is 286 g/mol. The number of aromatic nitrogens is 2. The summed E-state index contributed by atoms with van der Waals surface area (Å²) in [6.07, 6.45) is 3.97. The van der Waals surface area contributed by atoms with E-state index in [2.05, 4.69) is 5.32 Å². The molecule has 2 aromatic heterocycles. The molecule has 3 aromatic rings. The van der Waals surface area contributed by atoms with E-state index in [-0.39, 0.29) is 5.91 Å². The molecule has 0 atom stereocenters. The Balaban J connectivity index is 2.05. The van der Waals surface area contributed by atoms with Crippen LogP contribution in [-0.2, 0) is 4.79 Å². The van der Waals surface area contributed by atoms with Crippen LogP contribution in [0.15, 0.2) is 48.8 Å². The maximum absolute atomic E-state index is 12.3. The van der Waals surface area contributed by atoms with Gasteiger partial charge in [-0.2, -0.15) is 0 Å². The number of carbonyl (C=O) groups is 1. The van der Waals surface area contributed by atoms with Gasteiger partial charge in [-0.3, -0.25) is 4.79 Å². The van der Waals surface area contributed by atoms with E-state index in [1.54, 1.807) is 0 Å². The van der Waals surface area contributed by atoms with Gasteiger partial charge in [0.1, 0.15) is 5.65 Å². The van der Waals surface area contributed by atoms with Gasteiger partial charge in [0.05, 0.1) is 11.4 Å². The number of hydrogen-bond acceptors (Lipinski definition) is 2. The summed E-state index contributed by atoms with van der Waals surface area (Å²) in [5.74, 6) is -0.00936. The van der Waals surface area contributed by atoms with Crippen LogP contribution in [0.4, 0.5) is 5.69 Å². The summed E-state index contributed by atoms with van der Waals surface area (Å²) in [5.41, 5.74) is 4.17. The number of imidazole rings is 1. The van der Waals surface area contributed by atoms with Gasteiger partial charge < -0.3 is 9.72 Å². The standard InChI is InChI=1S/C19H21N3O/c1-13-8-7-11-22-12-16(20-17(13)22)14-9-5-6-10-15(14)21-18(23)19(2,3)4/h5-12H,1-4H3,(H,21,23). The van der Waals surface area contributed by atoms with Gasteiger partial charge in [-0.15, -0.1) is 0 Å². The number of benzene rings is 1. The second-order valence-electron chi connectivity index (χ2n) is 6.80. The molecule has 0 radical (unpaired) electrons. The number of anilines is 1. The predicted octanol–water partition coefficient (Wildman–Crippen LogP) is 4.29. The summed E-state index contributed by atoms with van der Waals surface area (Å²) in [6, 6.07) is 11.8. The maximum Gasteiger partial charge on any atom is 0.229 e. The fraction of sp³-hybridized carbons (Fsp3) is 0.263. The lowest BCUT2D eigenvalue weighted by atomic mass is 9.95. The fourth-order valence-corrected chi connectivity index (χ4v) is 2.41. The number of hydrogen-bond donors (Lipinski definition) is 1. The lowest BCUT2D eigenvalue weighted by Gasteiger charge is -2.19. The Morgan fingerprint density at radius 2 is 1.87 bits per heavy atom. The molecule has 0 aliphatic rings. The Morgan fingerprint density at radius 3 is 2.57 bits per heavy atom. The van der Waals surface area contributed by atoms with Gasteiger partial charge in [-0.25, -0.2) is 4.98 Å². The summed E-state index contributed by atoms with van der Waals surface area (Å²) < 4.78 is 2.01. The number of nitrogens with zero attached hydrogens (tertiary/aromatic N) is 2. The third kappa shape index (κ3) is 2.97. The van der Waals surface area contributed by atoms with E-state index < -0.39 is 5.41 Å². The van der Waals surface area contributed by atoms with Crippen molar-refractivity contribution in [2.45, 2.75) is 27.7 Å². The minimum absolute atomic E-state index is 0.00936. The number of carbonyl (C=O) groups excluding carboxylic acids is 1. The number of amides is 1. The summed E-state index contributed by atoms with van der Waals surface area (Å²) in [6.45, 7) is 7.75. The molecule has 3 rings (SSSR count). The van der Waals surface area contributed by atoms with Crippen LogP contribution in [0.2, 0.25) is 0 Å². The number of fused-ring (bicyclic) bond motifs is 1. The quantitative estimate of drug-likeness (QED) is 0.767. The summed E-state index contributed by atoms with van der Waals surface area (Å²) in [5, 5.41) is 3.02. The van der Waals surface area contributed by atoms with Crippen LogP contribution in [0, 0.1) is 12.3 Å². The average molecular weight is 307 g/mol. The van der Waals surface area contributed by atoms with Crippen molar-refractivity contribution in [3.63, 3.8) is 0 Å². The molecule has 4 heteroatoms. The summed E-state index contributed by atoms with van der Waals surface area (Å²) in [7, 11) is 0. The van der Waals surface area contributed by atoms with Gasteiger partial charge in [-0.1, -0.05) is 45.0 Å². The number of aryl methyl sites for hydroxylation is 1. The second-order valence-corrected chi connectivity index (χ2v) is 6.80. The van der Waals surface area contributed by atoms with Crippen LogP contribution < -0.4 is 5.32 Å². The van der Waals surface area contributed by atoms with Crippen molar-refractivity contribution in [3.05, 3.63) is 54.4 Å². The van der Waals surface area contributed by atoms with Crippen molar-refractivity contribution in [3.8, 4) is 11.3 Å². The molecule has 1 N–H and O–H groups in total. The van der Waals surface area contributed by atoms with E-state index in [0.717, 1.165) is 28.2 Å². The Bertz CT molecular complexity index is 872. The first-order valence-electron chi connectivity index (χ1n) is 7.71. The molecule has 4 nitrogen and oxygen atoms in total. The summed E-state index contributed by atoms with van der Waals surface area (Å²) >= 11 is 0. The Hall–Kier alpha value is -2.62. The van der Waals surface area contributed by atoms with E-state index >= 15 is 0 Å². The third-order valence-corrected chi connectivity index (χ3v) is 3.81. The highest BCUT2D eigenvalue weighted by Gasteiger charge is 2.22. The minimum Gasteiger partial charge on any atom is -0.325 e. The monoisotopic (exact) mass is 307 g/mol. The van der Waals surface area contributed by atoms with Crippen LogP contribution in [0.3, 0.4) is 0 Å². The highest BCUT2D eigenvalue weighted by atomic mass is 16.2. The zero-order chi connectivity index (χ0) is 16.6. The lowest BCUT2D eigenvalue weighted by Crippen LogP contribution is -2.27. The van der Waals surface area contributed by atoms with Gasteiger partial charge in [0.15, 0.2) is 0 Å². The van der Waals surface area contributed by atoms with Gasteiger partial charge in [0.2, 0.25) is 5.91 Å². The third-order valence-electron chi connectivity index (χ3n) is 3.81. The maximum atomic E-state index is 12.3. The van der Waals surface area contributed by atoms with E-state index in [0.29, 0.717) is 0 Å². The van der Waals surface area contributed by atoms with Crippen molar-refractivity contribution in [2.75, 3.05) is 5.32 Å². The molecule has 23 heavy (non-hydrogen) atoms. The van der Waals surface area contributed by atoms with Crippen LogP contribution in [0.1, 0.15) is 26.3 Å². The number of pyridine rings is 1. The Kier molecular flexibility index (Phi) is 3.68. The van der Waals surface area contributed by atoms with E-state index in [1.807, 2.05) is 80.9 Å². The molecule has 0 aliphatic heterocycles. The van der Waals surface area contributed by atoms with Crippen LogP contribution >= 0.6 is 0 Å². The van der Waals surface area contributed by atoms with Crippen molar-refractivity contribution >= 4 is 17.2 Å². The highest BCUT2D eigenvalue weighted by molar-refractivity contribution is 5.98. The fourth-order valence-electron chi connectivity index (χ4n) is 2.41. The van der Waals surface area contributed by atoms with E-state index in [9.17, 15) is 4.79 Å². The number of nitrogens with one attached hydrogen (secondary N) is 1. The molecule has 0 aliphatic carbocycles. The van der Waals surface area contributed by atoms with Crippen molar-refractivity contribution < 1.29 is 4.79 Å². The van der Waals surface area contributed by atoms with Crippen LogP contribution in [0.5, 0.6) is 0 Å². The highest BCUT2D eigenvalue weighted by Crippen LogP contribution is 2.29. The molecule has 0 fully saturated rings. The first-order valence-corrected chi connectivity index (χ1v) is 7.71. The zero-order valence-corrected chi connectivity index (χ0v) is 13.9. The van der Waals surface area contributed by atoms with E-state index in [4.69, 9.17) is 4.98 Å². The molecule has 0 saturated carbocycles. The topological polar surface area (TPSA) is 46.4 Å². The normalized spacial score (nSPS) is 11.7. The van der Waals surface area contributed by atoms with Crippen molar-refractivity contribution in [2.24, 2.45) is 5.41 Å². The summed E-state index contributed by atoms with van der Waals surface area (Å²) in [4.78, 5) is 17.0. The first-order chi connectivity index (χ1) is 10.9. The molecule has 1 aromatic carbocycles. The molecule has 1 amide bonds. The van der Waals surface area contributed by atoms with Gasteiger partial charge in [0.25, 0.3) is 0 Å². The van der Waals surface area contributed by atoms with Gasteiger partial charge in [-0.05, 0) is 24.6 Å². The largest absolute Gasteiger partial charge is 0.325 e. The lowest BCUT2D eigenvalue weighted by molar-refractivity contribution is -0.123. The van der Waals surface area contributed by atoms with E-state index in [1.165, 1.54) is 0 Å². The molecule has 0 unspecified atom stereocenters. The average Bonchev–Trinajstić information content (AvgIpc) is 2.92. The van der Waals surface area contributed by atoms with Gasteiger partial charge in [0, 0.05) is 23.4 Å². The zero-order valence-electron chi connectivity index (χ0n) is 13.9. The molecule has 2 heterocycles. The SMILES string of the molecule is Cc1cccn2cc(-c3ccccc3NC(=O)C(C)(C)C)nc12. The van der Waals surface area contributed by atoms with Gasteiger partial charge >= 0.3 is 0 Å². The van der Waals surface area contributed by atoms with Crippen LogP contribution in [0.25, 0.3) is 16.9 Å². The second kappa shape index (κ2) is 5.54. The molecule has 0 bridgehead atoms. The number of para-hydroxylation sites is 1. The van der Waals surface area contributed by atoms with Crippen molar-refractivity contribution in [1.29, 1.82) is 0 Å². The molecule has 0 saturated heterocycles. The Labute approximate surface area is 136 Å². The molecular formula is C19H21N3O. The number of rotatable bonds is 2. The minimum atomic E-state index is -0.442. The van der Waals surface area contributed by atoms with Crippen LogP contribution in [-0.4, -0.2) is 15.3 Å². The molecule has 0 spiro atoms. The molecule has 118 valence electrons. The smallest absolute Gasteiger partial charge is 0.229 e. The van der Waals surface area contributed by atoms with Crippen molar-refractivity contribution in [1.82, 2.24) is 9.38 Å². The first kappa shape index (κ1) is 15.3. The predicted molar refractivity (Wildman–Crippen MR) is 93.4 cm³/mol.